The highest BCUT2D eigenvalue weighted by Gasteiger charge is 2.29. The summed E-state index contributed by atoms with van der Waals surface area (Å²) >= 11 is 0. The third-order valence-electron chi connectivity index (χ3n) is 2.68. The Hall–Kier alpha value is -1.52. The third kappa shape index (κ3) is 2.49. The van der Waals surface area contributed by atoms with E-state index in [9.17, 15) is 0 Å². The number of ether oxygens (including phenoxy) is 4. The molecule has 0 N–H and O–H groups in total. The van der Waals surface area contributed by atoms with Gasteiger partial charge in [0.2, 0.25) is 0 Å². The van der Waals surface area contributed by atoms with Gasteiger partial charge >= 0.3 is 0 Å². The molecule has 18 heavy (non-hydrogen) atoms. The first kappa shape index (κ1) is 12.9. The summed E-state index contributed by atoms with van der Waals surface area (Å²) in [6.45, 7) is 2.16. The smallest absolute Gasteiger partial charge is 0.283 e. The van der Waals surface area contributed by atoms with E-state index in [0.717, 1.165) is 22.6 Å². The summed E-state index contributed by atoms with van der Waals surface area (Å²) in [7, 11) is 3.24. The largest absolute Gasteiger partial charge is 0.496 e. The molecule has 0 fully saturated rings. The molecule has 0 saturated carbocycles. The molecule has 4 heteroatoms. The molecule has 1 radical (unpaired) electrons. The predicted octanol–water partition coefficient (Wildman–Crippen LogP) is 2.77. The fourth-order valence-corrected chi connectivity index (χ4v) is 1.95. The first-order chi connectivity index (χ1) is 8.80. The predicted molar refractivity (Wildman–Crippen MR) is 68.2 cm³/mol. The van der Waals surface area contributed by atoms with Crippen LogP contribution in [-0.2, 0) is 15.9 Å². The van der Waals surface area contributed by atoms with Crippen molar-refractivity contribution < 1.29 is 18.9 Å². The number of benzene rings is 1. The van der Waals surface area contributed by atoms with Gasteiger partial charge in [-0.25, -0.2) is 0 Å². The minimum atomic E-state index is 0.188. The number of rotatable bonds is 5. The van der Waals surface area contributed by atoms with Gasteiger partial charge in [0.15, 0.2) is 6.79 Å². The highest BCUT2D eigenvalue weighted by atomic mass is 16.7. The Kier molecular flexibility index (Phi) is 4.23. The summed E-state index contributed by atoms with van der Waals surface area (Å²) < 4.78 is 21.2. The summed E-state index contributed by atoms with van der Waals surface area (Å²) in [5.41, 5.74) is 2.05. The van der Waals surface area contributed by atoms with Crippen LogP contribution in [0.15, 0.2) is 18.2 Å². The second-order valence-corrected chi connectivity index (χ2v) is 3.87. The molecule has 97 valence electrons. The number of fused-ring (bicyclic) bond motifs is 1. The van der Waals surface area contributed by atoms with E-state index in [1.54, 1.807) is 14.2 Å². The summed E-state index contributed by atoms with van der Waals surface area (Å²) in [6.07, 6.45) is 5.12. The fraction of sp³-hybridized carbons (Fsp3) is 0.357. The van der Waals surface area contributed by atoms with E-state index in [4.69, 9.17) is 18.9 Å². The normalized spacial score (nSPS) is 14.8. The van der Waals surface area contributed by atoms with Gasteiger partial charge in [-0.2, -0.15) is 0 Å². The molecule has 1 aliphatic rings. The van der Waals surface area contributed by atoms with Crippen LogP contribution >= 0.6 is 0 Å². The van der Waals surface area contributed by atoms with Crippen molar-refractivity contribution in [2.45, 2.75) is 13.3 Å². The Labute approximate surface area is 107 Å². The van der Waals surface area contributed by atoms with Crippen molar-refractivity contribution in [2.75, 3.05) is 21.0 Å². The van der Waals surface area contributed by atoms with Crippen LogP contribution in [-0.4, -0.2) is 21.0 Å². The minimum absolute atomic E-state index is 0.188. The van der Waals surface area contributed by atoms with Crippen LogP contribution in [0.1, 0.15) is 18.1 Å². The average Bonchev–Trinajstić information content (AvgIpc) is 2.79. The summed E-state index contributed by atoms with van der Waals surface area (Å²) in [5, 5.41) is 0. The van der Waals surface area contributed by atoms with Gasteiger partial charge < -0.3 is 18.9 Å². The van der Waals surface area contributed by atoms with Crippen molar-refractivity contribution in [1.82, 2.24) is 0 Å². The van der Waals surface area contributed by atoms with Crippen LogP contribution in [0.3, 0.4) is 0 Å². The monoisotopic (exact) mass is 249 g/mol. The van der Waals surface area contributed by atoms with Crippen molar-refractivity contribution >= 4 is 6.08 Å². The number of allylic oxidation sites excluding steroid dienone is 1. The topological polar surface area (TPSA) is 36.9 Å². The minimum Gasteiger partial charge on any atom is -0.496 e. The molecule has 0 unspecified atom stereocenters. The number of hydrogen-bond donors (Lipinski definition) is 0. The summed E-state index contributed by atoms with van der Waals surface area (Å²) in [6, 6.07) is 3.90. The maximum absolute atomic E-state index is 5.59. The molecular formula is C14H17O4. The van der Waals surface area contributed by atoms with Gasteiger partial charge in [0.05, 0.1) is 13.5 Å². The van der Waals surface area contributed by atoms with Crippen molar-refractivity contribution in [3.63, 3.8) is 0 Å². The lowest BCUT2D eigenvalue weighted by Gasteiger charge is -2.08. The van der Waals surface area contributed by atoms with Gasteiger partial charge in [-0.1, -0.05) is 12.2 Å². The van der Waals surface area contributed by atoms with Crippen LogP contribution in [0.5, 0.6) is 11.5 Å². The zero-order valence-electron chi connectivity index (χ0n) is 10.9. The van der Waals surface area contributed by atoms with Crippen molar-refractivity contribution in [1.29, 1.82) is 0 Å². The Bertz CT molecular complexity index is 440. The second kappa shape index (κ2) is 5.89. The summed E-state index contributed by atoms with van der Waals surface area (Å²) in [4.78, 5) is 0. The molecule has 1 aromatic rings. The Morgan fingerprint density at radius 2 is 2.17 bits per heavy atom. The maximum atomic E-state index is 5.59. The van der Waals surface area contributed by atoms with E-state index in [2.05, 4.69) is 0 Å². The van der Waals surface area contributed by atoms with E-state index in [1.807, 2.05) is 31.2 Å². The Morgan fingerprint density at radius 3 is 2.83 bits per heavy atom. The van der Waals surface area contributed by atoms with Gasteiger partial charge in [-0.3, -0.25) is 0 Å². The first-order valence-corrected chi connectivity index (χ1v) is 5.78. The average molecular weight is 249 g/mol. The molecule has 1 aliphatic heterocycles. The molecule has 1 heterocycles. The van der Waals surface area contributed by atoms with Gasteiger partial charge in [-0.15, -0.1) is 0 Å². The SMILES string of the molecule is C/C=C\c1ccc2c(c1OC)C[C](OCOC)O2. The van der Waals surface area contributed by atoms with Crippen LogP contribution in [0.4, 0.5) is 0 Å². The molecule has 0 aliphatic carbocycles. The van der Waals surface area contributed by atoms with E-state index in [0.29, 0.717) is 12.7 Å². The van der Waals surface area contributed by atoms with Gasteiger partial charge in [-0.05, 0) is 19.1 Å². The molecule has 0 spiro atoms. The van der Waals surface area contributed by atoms with E-state index < -0.39 is 0 Å². The summed E-state index contributed by atoms with van der Waals surface area (Å²) in [5.74, 6) is 1.62. The van der Waals surface area contributed by atoms with Crippen LogP contribution in [0.25, 0.3) is 6.08 Å². The van der Waals surface area contributed by atoms with E-state index in [-0.39, 0.29) is 6.79 Å². The second-order valence-electron chi connectivity index (χ2n) is 3.87. The third-order valence-corrected chi connectivity index (χ3v) is 2.68. The van der Waals surface area contributed by atoms with Crippen molar-refractivity contribution in [2.24, 2.45) is 0 Å². The lowest BCUT2D eigenvalue weighted by Crippen LogP contribution is -2.09. The molecule has 0 bridgehead atoms. The zero-order chi connectivity index (χ0) is 13.0. The molecule has 0 amide bonds. The number of methoxy groups -OCH3 is 2. The molecule has 0 atom stereocenters. The fourth-order valence-electron chi connectivity index (χ4n) is 1.95. The maximum Gasteiger partial charge on any atom is 0.283 e. The highest BCUT2D eigenvalue weighted by Crippen LogP contribution is 2.41. The van der Waals surface area contributed by atoms with Crippen LogP contribution in [0, 0.1) is 6.29 Å². The Morgan fingerprint density at radius 1 is 1.33 bits per heavy atom. The number of hydrogen-bond acceptors (Lipinski definition) is 4. The first-order valence-electron chi connectivity index (χ1n) is 5.78. The van der Waals surface area contributed by atoms with Gasteiger partial charge in [0, 0.05) is 18.2 Å². The standard InChI is InChI=1S/C14H17O4/c1-4-5-10-6-7-12-11(14(10)16-3)8-13(18-12)17-9-15-2/h4-7H,8-9H2,1-3H3/b5-4-. The molecular weight excluding hydrogens is 232 g/mol. The molecule has 4 nitrogen and oxygen atoms in total. The lowest BCUT2D eigenvalue weighted by molar-refractivity contribution is -0.0719. The molecule has 0 saturated heterocycles. The van der Waals surface area contributed by atoms with Crippen LogP contribution in [0.2, 0.25) is 0 Å². The van der Waals surface area contributed by atoms with E-state index in [1.165, 1.54) is 0 Å². The quantitative estimate of drug-likeness (QED) is 0.752. The van der Waals surface area contributed by atoms with Crippen molar-refractivity contribution in [3.05, 3.63) is 35.6 Å². The van der Waals surface area contributed by atoms with E-state index >= 15 is 0 Å². The van der Waals surface area contributed by atoms with Crippen LogP contribution < -0.4 is 9.47 Å². The molecule has 1 aromatic carbocycles. The molecule has 2 rings (SSSR count). The van der Waals surface area contributed by atoms with Crippen molar-refractivity contribution in [3.8, 4) is 11.5 Å². The molecule has 0 aromatic heterocycles. The zero-order valence-corrected chi connectivity index (χ0v) is 10.9. The highest BCUT2D eigenvalue weighted by molar-refractivity contribution is 5.64. The van der Waals surface area contributed by atoms with Gasteiger partial charge in [0.25, 0.3) is 6.29 Å². The lowest BCUT2D eigenvalue weighted by atomic mass is 10.1. The Balaban J connectivity index is 2.23. The van der Waals surface area contributed by atoms with Gasteiger partial charge in [0.1, 0.15) is 11.5 Å².